The van der Waals surface area contributed by atoms with E-state index >= 15 is 0 Å². The van der Waals surface area contributed by atoms with Gasteiger partial charge in [0.1, 0.15) is 0 Å². The monoisotopic (exact) mass is 912 g/mol. The average molecular weight is 912 g/mol. The Morgan fingerprint density at radius 3 is 0.391 bits per heavy atom. The fourth-order valence-electron chi connectivity index (χ4n) is 8.34. The minimum absolute atomic E-state index is 1.12. The summed E-state index contributed by atoms with van der Waals surface area (Å²) in [6, 6.07) is 0. The highest BCUT2D eigenvalue weighted by Gasteiger charge is 2.07. The number of rotatable bonds is 45. The van der Waals surface area contributed by atoms with Crippen LogP contribution in [0.25, 0.3) is 0 Å². The molecule has 6 nitrogen and oxygen atoms in total. The lowest BCUT2D eigenvalue weighted by atomic mass is 10.0. The summed E-state index contributed by atoms with van der Waals surface area (Å²) in [5.41, 5.74) is 0. The molecule has 390 valence electrons. The molecule has 0 aromatic carbocycles. The second-order valence-electron chi connectivity index (χ2n) is 23.1. The minimum Gasteiger partial charge on any atom is -0.907 e. The van der Waals surface area contributed by atoms with Crippen LogP contribution in [-0.2, 0) is 0 Å². The molecule has 64 heavy (non-hydrogen) atoms. The van der Waals surface area contributed by atoms with Crippen LogP contribution in [0.4, 0.5) is 0 Å². The Hall–Kier alpha value is -0.175. The van der Waals surface area contributed by atoms with Crippen molar-refractivity contribution in [2.75, 3.05) is 83.1 Å². The van der Waals surface area contributed by atoms with Gasteiger partial charge in [-0.1, -0.05) is 252 Å². The van der Waals surface area contributed by atoms with Crippen LogP contribution in [0.5, 0.6) is 0 Å². The zero-order valence-electron chi connectivity index (χ0n) is 47.0. The fraction of sp³-hybridized carbons (Fsp3) is 1.00. The molecule has 0 unspecified atom stereocenters. The Morgan fingerprint density at radius 1 is 0.203 bits per heavy atom. The highest BCUT2D eigenvalue weighted by molar-refractivity contribution is 6.24. The molecule has 0 amide bonds. The lowest BCUT2D eigenvalue weighted by Crippen LogP contribution is -2.56. The molecule has 7 heteroatoms. The molecule has 0 saturated heterocycles. The van der Waals surface area contributed by atoms with E-state index in [1.807, 2.05) is 0 Å². The fourth-order valence-corrected chi connectivity index (χ4v) is 8.34. The molecule has 0 aliphatic rings. The molecule has 0 aromatic heterocycles. The summed E-state index contributed by atoms with van der Waals surface area (Å²) in [5, 5.41) is 25.2. The van der Waals surface area contributed by atoms with E-state index in [0.29, 0.717) is 0 Å². The Bertz CT molecular complexity index is 707. The van der Waals surface area contributed by atoms with E-state index < -0.39 is 7.32 Å². The average Bonchev–Trinajstić information content (AvgIpc) is 3.20. The van der Waals surface area contributed by atoms with Crippen molar-refractivity contribution in [3.05, 3.63) is 0 Å². The molecule has 0 bridgehead atoms. The number of nitrogens with zero attached hydrogens (tertiary/aromatic N) is 3. The molecule has 0 aromatic rings. The van der Waals surface area contributed by atoms with Crippen LogP contribution >= 0.6 is 0 Å². The van der Waals surface area contributed by atoms with E-state index in [1.54, 1.807) is 0 Å². The summed E-state index contributed by atoms with van der Waals surface area (Å²) in [5.74, 6) is 0. The zero-order chi connectivity index (χ0) is 48.9. The van der Waals surface area contributed by atoms with Crippen molar-refractivity contribution in [3.8, 4) is 0 Å². The first-order valence-corrected chi connectivity index (χ1v) is 28.8. The molecule has 0 N–H and O–H groups in total. The number of hydrogen-bond donors (Lipinski definition) is 0. The van der Waals surface area contributed by atoms with Crippen molar-refractivity contribution >= 4 is 7.32 Å². The SMILES string of the molecule is CCCCCCCCCCCCCCCC[N+](C)(C)C.CCCCCCCCCCCCCCCC[N+](C)(C)C.CCCCCCCCCCCCCCCC[N+](C)(C)C.[O-]B([O-])[O-]. The summed E-state index contributed by atoms with van der Waals surface area (Å²) in [6.07, 6.45) is 61.1. The summed E-state index contributed by atoms with van der Waals surface area (Å²) < 4.78 is 3.37. The summed E-state index contributed by atoms with van der Waals surface area (Å²) >= 11 is 0. The van der Waals surface area contributed by atoms with Crippen LogP contribution < -0.4 is 15.1 Å². The minimum atomic E-state index is -2.92. The van der Waals surface area contributed by atoms with Gasteiger partial charge < -0.3 is 28.5 Å². The van der Waals surface area contributed by atoms with Gasteiger partial charge in [0.05, 0.1) is 83.1 Å². The topological polar surface area (TPSA) is 69.2 Å². The third kappa shape index (κ3) is 88.5. The van der Waals surface area contributed by atoms with Crippen molar-refractivity contribution in [1.82, 2.24) is 0 Å². The second-order valence-corrected chi connectivity index (χ2v) is 23.1. The van der Waals surface area contributed by atoms with Crippen LogP contribution in [0.3, 0.4) is 0 Å². The van der Waals surface area contributed by atoms with E-state index in [-0.39, 0.29) is 0 Å². The molecule has 0 aliphatic heterocycles. The van der Waals surface area contributed by atoms with Gasteiger partial charge in [-0.3, -0.25) is 7.32 Å². The quantitative estimate of drug-likeness (QED) is 0.0347. The summed E-state index contributed by atoms with van der Waals surface area (Å²) in [7, 11) is 17.7. The molecule has 0 atom stereocenters. The van der Waals surface area contributed by atoms with E-state index in [4.69, 9.17) is 15.1 Å². The molecule has 0 heterocycles. The predicted molar refractivity (Wildman–Crippen MR) is 285 cm³/mol. The molecular formula is C57H126BN3O3. The first-order valence-electron chi connectivity index (χ1n) is 28.8. The molecule has 0 rings (SSSR count). The van der Waals surface area contributed by atoms with Crippen LogP contribution in [0.1, 0.15) is 290 Å². The summed E-state index contributed by atoms with van der Waals surface area (Å²) in [6.45, 7) is 10.9. The van der Waals surface area contributed by atoms with E-state index in [0.717, 1.165) is 13.4 Å². The molecule has 0 aliphatic carbocycles. The van der Waals surface area contributed by atoms with Gasteiger partial charge in [-0.25, -0.2) is 0 Å². The van der Waals surface area contributed by atoms with Crippen molar-refractivity contribution in [2.45, 2.75) is 290 Å². The van der Waals surface area contributed by atoms with Crippen LogP contribution in [0, 0.1) is 0 Å². The Kier molecular flexibility index (Phi) is 61.0. The third-order valence-electron chi connectivity index (χ3n) is 12.5. The lowest BCUT2D eigenvalue weighted by molar-refractivity contribution is -0.870. The predicted octanol–water partition coefficient (Wildman–Crippen LogP) is 14.6. The van der Waals surface area contributed by atoms with Gasteiger partial charge >= 0.3 is 0 Å². The molecule has 0 saturated carbocycles. The standard InChI is InChI=1S/3C19H42N.BO3/c3*1-5-6-7-8-9-10-11-12-13-14-15-16-17-18-19-20(2,3)4;2-1(3)4/h3*5-19H2,1-4H3;/q3*+1;-3. The maximum atomic E-state index is 8.42. The maximum Gasteiger partial charge on any atom is 0.0780 e. The lowest BCUT2D eigenvalue weighted by Gasteiger charge is -2.35. The van der Waals surface area contributed by atoms with Gasteiger partial charge in [-0.15, -0.1) is 0 Å². The Labute approximate surface area is 407 Å². The van der Waals surface area contributed by atoms with Crippen molar-refractivity contribution in [3.63, 3.8) is 0 Å². The van der Waals surface area contributed by atoms with Crippen LogP contribution in [0.2, 0.25) is 0 Å². The van der Waals surface area contributed by atoms with Crippen molar-refractivity contribution in [1.29, 1.82) is 0 Å². The highest BCUT2D eigenvalue weighted by atomic mass is 16.5. The Balaban J connectivity index is -0.000000404. The largest absolute Gasteiger partial charge is 0.907 e. The Morgan fingerprint density at radius 2 is 0.297 bits per heavy atom. The first-order chi connectivity index (χ1) is 30.4. The van der Waals surface area contributed by atoms with E-state index in [9.17, 15) is 0 Å². The normalized spacial score (nSPS) is 11.7. The molecular weight excluding hydrogens is 785 g/mol. The van der Waals surface area contributed by atoms with Gasteiger partial charge in [0.15, 0.2) is 0 Å². The van der Waals surface area contributed by atoms with E-state index in [2.05, 4.69) is 84.2 Å². The zero-order valence-corrected chi connectivity index (χ0v) is 47.0. The van der Waals surface area contributed by atoms with Crippen molar-refractivity contribution < 1.29 is 28.5 Å². The number of unbranched alkanes of at least 4 members (excludes halogenated alkanes) is 39. The van der Waals surface area contributed by atoms with Crippen molar-refractivity contribution in [2.24, 2.45) is 0 Å². The van der Waals surface area contributed by atoms with Gasteiger partial charge in [0, 0.05) is 0 Å². The van der Waals surface area contributed by atoms with Gasteiger partial charge in [-0.05, 0) is 38.5 Å². The van der Waals surface area contributed by atoms with Gasteiger partial charge in [0.2, 0.25) is 0 Å². The third-order valence-corrected chi connectivity index (χ3v) is 12.5. The van der Waals surface area contributed by atoms with Gasteiger partial charge in [0.25, 0.3) is 0 Å². The van der Waals surface area contributed by atoms with E-state index in [1.165, 1.54) is 289 Å². The first kappa shape index (κ1) is 70.4. The molecule has 0 spiro atoms. The molecule has 0 fully saturated rings. The van der Waals surface area contributed by atoms with Gasteiger partial charge in [-0.2, -0.15) is 0 Å². The molecule has 0 radical (unpaired) electrons. The van der Waals surface area contributed by atoms with Crippen LogP contribution in [0.15, 0.2) is 0 Å². The van der Waals surface area contributed by atoms with Crippen LogP contribution in [-0.4, -0.2) is 104 Å². The summed E-state index contributed by atoms with van der Waals surface area (Å²) in [4.78, 5) is 0. The number of hydrogen-bond acceptors (Lipinski definition) is 3. The maximum absolute atomic E-state index is 8.42. The second kappa shape index (κ2) is 55.4. The smallest absolute Gasteiger partial charge is 0.0780 e. The number of quaternary nitrogens is 3. The highest BCUT2D eigenvalue weighted by Crippen LogP contribution is 2.16.